The van der Waals surface area contributed by atoms with E-state index >= 15 is 8.78 Å². The maximum Gasteiger partial charge on any atom is 0.194 e. The summed E-state index contributed by atoms with van der Waals surface area (Å²) in [5.74, 6) is 0.257. The average molecular weight is 496 g/mol. The second kappa shape index (κ2) is 9.89. The first-order chi connectivity index (χ1) is 17.4. The van der Waals surface area contributed by atoms with Crippen LogP contribution in [0.2, 0.25) is 0 Å². The summed E-state index contributed by atoms with van der Waals surface area (Å²) in [7, 11) is 2.72. The summed E-state index contributed by atoms with van der Waals surface area (Å²) in [6.07, 6.45) is 2.19. The lowest BCUT2D eigenvalue weighted by molar-refractivity contribution is 0.0825. The van der Waals surface area contributed by atoms with Crippen LogP contribution in [-0.4, -0.2) is 50.5 Å². The number of pyridine rings is 1. The lowest BCUT2D eigenvalue weighted by Gasteiger charge is -2.29. The topological polar surface area (TPSA) is 79.8 Å². The Morgan fingerprint density at radius 3 is 2.58 bits per heavy atom. The van der Waals surface area contributed by atoms with E-state index < -0.39 is 24.4 Å². The maximum atomic E-state index is 15.4. The number of para-hydroxylation sites is 1. The molecule has 2 aromatic rings. The Balaban J connectivity index is 1.52. The van der Waals surface area contributed by atoms with Gasteiger partial charge in [-0.1, -0.05) is 18.2 Å². The zero-order valence-electron chi connectivity index (χ0n) is 20.9. The van der Waals surface area contributed by atoms with Gasteiger partial charge in [-0.25, -0.2) is 18.8 Å². The Bertz CT molecular complexity index is 1230. The number of ether oxygens (including phenoxy) is 2. The van der Waals surface area contributed by atoms with Gasteiger partial charge < -0.3 is 25.4 Å². The smallest absolute Gasteiger partial charge is 0.194 e. The second-order valence-corrected chi connectivity index (χ2v) is 9.45. The molecule has 5 rings (SSSR count). The van der Waals surface area contributed by atoms with E-state index in [1.54, 1.807) is 12.3 Å². The van der Waals surface area contributed by atoms with Gasteiger partial charge in [0.15, 0.2) is 29.9 Å². The molecule has 3 atom stereocenters. The zero-order chi connectivity index (χ0) is 25.4. The van der Waals surface area contributed by atoms with E-state index in [2.05, 4.69) is 25.9 Å². The van der Waals surface area contributed by atoms with Gasteiger partial charge in [-0.2, -0.15) is 0 Å². The number of hydrogen-bond donors (Lipinski definition) is 3. The minimum absolute atomic E-state index is 0.0672. The average Bonchev–Trinajstić information content (AvgIpc) is 3.70. The summed E-state index contributed by atoms with van der Waals surface area (Å²) in [5.41, 5.74) is 4.64. The molecule has 1 aromatic carbocycles. The summed E-state index contributed by atoms with van der Waals surface area (Å²) in [5, 5.41) is 10.2. The molecule has 0 radical (unpaired) electrons. The number of aromatic nitrogens is 1. The molecule has 7 nitrogen and oxygen atoms in total. The first-order valence-electron chi connectivity index (χ1n) is 12.1. The molecule has 2 heterocycles. The molecule has 0 amide bonds. The van der Waals surface area contributed by atoms with E-state index in [1.807, 2.05) is 32.0 Å². The van der Waals surface area contributed by atoms with Crippen LogP contribution in [0.1, 0.15) is 35.2 Å². The fourth-order valence-corrected chi connectivity index (χ4v) is 4.55. The molecule has 190 valence electrons. The van der Waals surface area contributed by atoms with Crippen molar-refractivity contribution in [3.63, 3.8) is 0 Å². The number of allylic oxidation sites excluding steroid dienone is 1. The molecule has 3 aliphatic rings. The molecule has 1 aliphatic heterocycles. The van der Waals surface area contributed by atoms with E-state index in [1.165, 1.54) is 20.3 Å². The van der Waals surface area contributed by atoms with Crippen LogP contribution in [0.3, 0.4) is 0 Å². The van der Waals surface area contributed by atoms with Gasteiger partial charge in [0.05, 0.1) is 24.1 Å². The molecular formula is C27H31F2N5O2. The van der Waals surface area contributed by atoms with Crippen LogP contribution >= 0.6 is 0 Å². The number of fused-ring (bicyclic) bond motifs is 1. The number of rotatable bonds is 8. The normalized spacial score (nSPS) is 23.1. The number of alkyl halides is 1. The predicted octanol–water partition coefficient (Wildman–Crippen LogP) is 5.34. The molecule has 1 saturated carbocycles. The minimum atomic E-state index is -1.73. The Labute approximate surface area is 209 Å². The predicted molar refractivity (Wildman–Crippen MR) is 139 cm³/mol. The van der Waals surface area contributed by atoms with Crippen molar-refractivity contribution >= 4 is 29.0 Å². The lowest BCUT2D eigenvalue weighted by Crippen LogP contribution is -2.32. The van der Waals surface area contributed by atoms with Crippen molar-refractivity contribution in [2.75, 3.05) is 36.7 Å². The molecule has 1 fully saturated rings. The van der Waals surface area contributed by atoms with Crippen molar-refractivity contribution in [1.82, 2.24) is 4.98 Å². The minimum Gasteiger partial charge on any atom is -0.494 e. The maximum absolute atomic E-state index is 15.4. The van der Waals surface area contributed by atoms with Gasteiger partial charge in [0.25, 0.3) is 0 Å². The lowest BCUT2D eigenvalue weighted by atomic mass is 9.94. The van der Waals surface area contributed by atoms with E-state index in [4.69, 9.17) is 9.47 Å². The fraction of sp³-hybridized carbons (Fsp3) is 0.407. The third-order valence-electron chi connectivity index (χ3n) is 6.81. The zero-order valence-corrected chi connectivity index (χ0v) is 20.9. The number of nitrogens with one attached hydrogen (secondary N) is 3. The number of hydrogen-bond acceptors (Lipinski definition) is 7. The van der Waals surface area contributed by atoms with Gasteiger partial charge in [0, 0.05) is 31.1 Å². The van der Waals surface area contributed by atoms with Crippen LogP contribution in [0.4, 0.5) is 26.0 Å². The van der Waals surface area contributed by atoms with Gasteiger partial charge in [-0.15, -0.1) is 0 Å². The van der Waals surface area contributed by atoms with Crippen molar-refractivity contribution in [2.24, 2.45) is 10.9 Å². The summed E-state index contributed by atoms with van der Waals surface area (Å²) in [6, 6.07) is 7.75. The van der Waals surface area contributed by atoms with Crippen LogP contribution in [-0.2, 0) is 9.47 Å². The van der Waals surface area contributed by atoms with Crippen molar-refractivity contribution in [2.45, 2.75) is 45.3 Å². The summed E-state index contributed by atoms with van der Waals surface area (Å²) in [4.78, 5) is 9.30. The van der Waals surface area contributed by atoms with Crippen LogP contribution in [0.5, 0.6) is 0 Å². The standard InChI is InChI=1S/C27H31F2N5O2/c1-14-6-5-7-15(2)24(14)33-27-31-13-17-10-18(32-26(25(17)34-27)30-12-16-8-9-16)21-22(28)19(35-3)11-20(36-4)23(21)29/h5-7,10-11,13,16,19,22,27,33-34H,8-9,12H2,1-4H3,(H,30,32). The van der Waals surface area contributed by atoms with E-state index in [-0.39, 0.29) is 17.0 Å². The number of aryl methyl sites for hydroxylation is 2. The number of methoxy groups -OCH3 is 2. The van der Waals surface area contributed by atoms with Crippen LogP contribution in [0.15, 0.2) is 46.9 Å². The highest BCUT2D eigenvalue weighted by atomic mass is 19.1. The third kappa shape index (κ3) is 4.67. The SMILES string of the molecule is COC1=CC(OC)C(F)C(c2cc3c(c(NCC4CC4)n2)NC(Nc2c(C)cccc2C)N=C3)=C1F. The van der Waals surface area contributed by atoms with Crippen molar-refractivity contribution < 1.29 is 18.3 Å². The van der Waals surface area contributed by atoms with E-state index in [9.17, 15) is 0 Å². The molecule has 3 N–H and O–H groups in total. The van der Waals surface area contributed by atoms with Gasteiger partial charge in [0.2, 0.25) is 0 Å². The Hall–Kier alpha value is -3.46. The fourth-order valence-electron chi connectivity index (χ4n) is 4.55. The molecule has 0 spiro atoms. The molecule has 36 heavy (non-hydrogen) atoms. The number of benzene rings is 1. The molecule has 9 heteroatoms. The van der Waals surface area contributed by atoms with E-state index in [0.29, 0.717) is 17.3 Å². The molecule has 1 aromatic heterocycles. The summed E-state index contributed by atoms with van der Waals surface area (Å²) >= 11 is 0. The third-order valence-corrected chi connectivity index (χ3v) is 6.81. The number of anilines is 3. The summed E-state index contributed by atoms with van der Waals surface area (Å²) < 4.78 is 41.1. The highest BCUT2D eigenvalue weighted by Gasteiger charge is 2.36. The van der Waals surface area contributed by atoms with Crippen molar-refractivity contribution in [3.05, 3.63) is 64.3 Å². The van der Waals surface area contributed by atoms with Gasteiger partial charge in [-0.05, 0) is 55.9 Å². The van der Waals surface area contributed by atoms with Crippen LogP contribution in [0, 0.1) is 19.8 Å². The quantitative estimate of drug-likeness (QED) is 0.459. The Kier molecular flexibility index (Phi) is 6.66. The molecule has 2 aliphatic carbocycles. The van der Waals surface area contributed by atoms with Crippen LogP contribution in [0.25, 0.3) is 5.57 Å². The van der Waals surface area contributed by atoms with Gasteiger partial charge in [0.1, 0.15) is 6.10 Å². The molecule has 0 bridgehead atoms. The van der Waals surface area contributed by atoms with E-state index in [0.717, 1.165) is 41.9 Å². The Morgan fingerprint density at radius 2 is 1.92 bits per heavy atom. The number of aliphatic imine (C=N–C) groups is 1. The monoisotopic (exact) mass is 495 g/mol. The number of nitrogens with zero attached hydrogens (tertiary/aromatic N) is 2. The van der Waals surface area contributed by atoms with Gasteiger partial charge >= 0.3 is 0 Å². The van der Waals surface area contributed by atoms with Crippen molar-refractivity contribution in [1.29, 1.82) is 0 Å². The second-order valence-electron chi connectivity index (χ2n) is 9.45. The molecule has 3 unspecified atom stereocenters. The van der Waals surface area contributed by atoms with Gasteiger partial charge in [-0.3, -0.25) is 0 Å². The number of halogens is 2. The molecule has 0 saturated heterocycles. The Morgan fingerprint density at radius 1 is 1.17 bits per heavy atom. The first-order valence-corrected chi connectivity index (χ1v) is 12.1. The van der Waals surface area contributed by atoms with Crippen molar-refractivity contribution in [3.8, 4) is 0 Å². The van der Waals surface area contributed by atoms with Crippen LogP contribution < -0.4 is 16.0 Å². The highest BCUT2D eigenvalue weighted by Crippen LogP contribution is 2.39. The first kappa shape index (κ1) is 24.2. The summed E-state index contributed by atoms with van der Waals surface area (Å²) in [6.45, 7) is 4.82. The largest absolute Gasteiger partial charge is 0.494 e. The highest BCUT2D eigenvalue weighted by molar-refractivity contribution is 5.95. The molecular weight excluding hydrogens is 464 g/mol.